The van der Waals surface area contributed by atoms with E-state index in [1.807, 2.05) is 6.07 Å². The lowest BCUT2D eigenvalue weighted by molar-refractivity contribution is -0.139. The maximum atomic E-state index is 12.0. The van der Waals surface area contributed by atoms with Gasteiger partial charge in [-0.1, -0.05) is 30.3 Å². The Morgan fingerprint density at radius 1 is 1.10 bits per heavy atom. The van der Waals surface area contributed by atoms with Crippen molar-refractivity contribution in [2.24, 2.45) is 0 Å². The molecular formula is C14H20N2O5. The SMILES string of the molecule is O=C(O)[C@@H](Cc1ccccc1)NC(=O)N(CCO)CCO. The van der Waals surface area contributed by atoms with Crippen LogP contribution >= 0.6 is 0 Å². The number of amides is 2. The molecule has 1 aromatic carbocycles. The number of carbonyl (C=O) groups is 2. The van der Waals surface area contributed by atoms with Gasteiger partial charge >= 0.3 is 12.0 Å². The summed E-state index contributed by atoms with van der Waals surface area (Å²) < 4.78 is 0. The largest absolute Gasteiger partial charge is 0.480 e. The second-order valence-electron chi connectivity index (χ2n) is 4.46. The third-order valence-electron chi connectivity index (χ3n) is 2.91. The number of nitrogens with zero attached hydrogens (tertiary/aromatic N) is 1. The Morgan fingerprint density at radius 3 is 2.14 bits per heavy atom. The number of aliphatic hydroxyl groups excluding tert-OH is 2. The molecule has 0 bridgehead atoms. The number of nitrogens with one attached hydrogen (secondary N) is 1. The minimum atomic E-state index is -1.14. The second-order valence-corrected chi connectivity index (χ2v) is 4.46. The number of hydrogen-bond acceptors (Lipinski definition) is 4. The molecule has 116 valence electrons. The molecule has 0 unspecified atom stereocenters. The molecule has 0 aliphatic rings. The van der Waals surface area contributed by atoms with E-state index in [4.69, 9.17) is 10.2 Å². The van der Waals surface area contributed by atoms with E-state index in [0.717, 1.165) is 5.56 Å². The number of carboxylic acid groups (broad SMARTS) is 1. The molecule has 2 amide bonds. The summed E-state index contributed by atoms with van der Waals surface area (Å²) in [5.74, 6) is -1.14. The molecule has 0 spiro atoms. The fourth-order valence-electron chi connectivity index (χ4n) is 1.85. The third kappa shape index (κ3) is 5.80. The molecule has 7 nitrogen and oxygen atoms in total. The zero-order chi connectivity index (χ0) is 15.7. The Morgan fingerprint density at radius 2 is 1.67 bits per heavy atom. The molecule has 7 heteroatoms. The summed E-state index contributed by atoms with van der Waals surface area (Å²) in [5.41, 5.74) is 0.793. The summed E-state index contributed by atoms with van der Waals surface area (Å²) in [7, 11) is 0. The van der Waals surface area contributed by atoms with E-state index >= 15 is 0 Å². The fraction of sp³-hybridized carbons (Fsp3) is 0.429. The van der Waals surface area contributed by atoms with Crippen LogP contribution in [0.15, 0.2) is 30.3 Å². The number of hydrogen-bond donors (Lipinski definition) is 4. The first kappa shape index (κ1) is 16.9. The number of rotatable bonds is 8. The van der Waals surface area contributed by atoms with Gasteiger partial charge in [0.05, 0.1) is 13.2 Å². The van der Waals surface area contributed by atoms with Gasteiger partial charge in [-0.25, -0.2) is 9.59 Å². The molecule has 1 atom stereocenters. The molecule has 0 saturated carbocycles. The van der Waals surface area contributed by atoms with Gasteiger partial charge in [-0.3, -0.25) is 0 Å². The number of carboxylic acids is 1. The van der Waals surface area contributed by atoms with Crippen LogP contribution in [0.5, 0.6) is 0 Å². The van der Waals surface area contributed by atoms with Gasteiger partial charge < -0.3 is 25.5 Å². The molecule has 1 aromatic rings. The van der Waals surface area contributed by atoms with Crippen LogP contribution in [-0.2, 0) is 11.2 Å². The van der Waals surface area contributed by atoms with Crippen molar-refractivity contribution in [1.29, 1.82) is 0 Å². The first-order valence-corrected chi connectivity index (χ1v) is 6.62. The Kier molecular flexibility index (Phi) is 7.20. The van der Waals surface area contributed by atoms with Gasteiger partial charge in [0.2, 0.25) is 0 Å². The number of urea groups is 1. The second kappa shape index (κ2) is 8.93. The average Bonchev–Trinajstić information content (AvgIpc) is 2.47. The molecule has 0 aliphatic carbocycles. The Labute approximate surface area is 122 Å². The van der Waals surface area contributed by atoms with Gasteiger partial charge in [0.25, 0.3) is 0 Å². The summed E-state index contributed by atoms with van der Waals surface area (Å²) in [5, 5.41) is 29.3. The van der Waals surface area contributed by atoms with E-state index in [1.165, 1.54) is 4.90 Å². The highest BCUT2D eigenvalue weighted by molar-refractivity contribution is 5.82. The lowest BCUT2D eigenvalue weighted by Gasteiger charge is -2.23. The highest BCUT2D eigenvalue weighted by Crippen LogP contribution is 2.04. The van der Waals surface area contributed by atoms with Crippen molar-refractivity contribution in [3.05, 3.63) is 35.9 Å². The Hall–Kier alpha value is -2.12. The number of carbonyl (C=O) groups excluding carboxylic acids is 1. The Bertz CT molecular complexity index is 446. The van der Waals surface area contributed by atoms with Crippen LogP contribution < -0.4 is 5.32 Å². The van der Waals surface area contributed by atoms with E-state index in [9.17, 15) is 14.7 Å². The molecule has 0 radical (unpaired) electrons. The zero-order valence-corrected chi connectivity index (χ0v) is 11.6. The molecule has 21 heavy (non-hydrogen) atoms. The maximum absolute atomic E-state index is 12.0. The quantitative estimate of drug-likeness (QED) is 0.525. The molecule has 0 fully saturated rings. The van der Waals surface area contributed by atoms with Crippen LogP contribution in [0.2, 0.25) is 0 Å². The van der Waals surface area contributed by atoms with Crippen LogP contribution in [-0.4, -0.2) is 64.6 Å². The number of aliphatic hydroxyl groups is 2. The van der Waals surface area contributed by atoms with Crippen LogP contribution in [0, 0.1) is 0 Å². The zero-order valence-electron chi connectivity index (χ0n) is 11.6. The van der Waals surface area contributed by atoms with Crippen molar-refractivity contribution >= 4 is 12.0 Å². The van der Waals surface area contributed by atoms with Gasteiger partial charge in [-0.2, -0.15) is 0 Å². The van der Waals surface area contributed by atoms with Crippen molar-refractivity contribution in [3.63, 3.8) is 0 Å². The number of benzene rings is 1. The molecular weight excluding hydrogens is 276 g/mol. The van der Waals surface area contributed by atoms with Gasteiger partial charge in [0.15, 0.2) is 0 Å². The van der Waals surface area contributed by atoms with E-state index in [-0.39, 0.29) is 32.7 Å². The molecule has 1 rings (SSSR count). The summed E-state index contributed by atoms with van der Waals surface area (Å²) in [6, 6.07) is 7.27. The van der Waals surface area contributed by atoms with Crippen LogP contribution in [0.1, 0.15) is 5.56 Å². The molecule has 0 heterocycles. The predicted octanol–water partition coefficient (Wildman–Crippen LogP) is -0.321. The van der Waals surface area contributed by atoms with E-state index in [2.05, 4.69) is 5.32 Å². The van der Waals surface area contributed by atoms with Crippen molar-refractivity contribution in [2.45, 2.75) is 12.5 Å². The van der Waals surface area contributed by atoms with Gasteiger partial charge in [0.1, 0.15) is 6.04 Å². The summed E-state index contributed by atoms with van der Waals surface area (Å²) in [6.45, 7) is -0.457. The monoisotopic (exact) mass is 296 g/mol. The van der Waals surface area contributed by atoms with E-state index < -0.39 is 18.0 Å². The summed E-state index contributed by atoms with van der Waals surface area (Å²) in [6.07, 6.45) is 0.161. The normalized spacial score (nSPS) is 11.7. The standard InChI is InChI=1S/C14H20N2O5/c17-8-6-16(7-9-18)14(21)15-12(13(19)20)10-11-4-2-1-3-5-11/h1-5,12,17-18H,6-10H2,(H,15,21)(H,19,20)/t12-/m1/s1. The summed E-state index contributed by atoms with van der Waals surface area (Å²) in [4.78, 5) is 24.4. The van der Waals surface area contributed by atoms with Crippen molar-refractivity contribution < 1.29 is 24.9 Å². The molecule has 0 saturated heterocycles. The smallest absolute Gasteiger partial charge is 0.326 e. The van der Waals surface area contributed by atoms with Crippen molar-refractivity contribution in [3.8, 4) is 0 Å². The highest BCUT2D eigenvalue weighted by atomic mass is 16.4. The molecule has 0 aromatic heterocycles. The van der Waals surface area contributed by atoms with E-state index in [0.29, 0.717) is 0 Å². The first-order chi connectivity index (χ1) is 10.1. The average molecular weight is 296 g/mol. The van der Waals surface area contributed by atoms with Crippen molar-refractivity contribution in [1.82, 2.24) is 10.2 Å². The van der Waals surface area contributed by atoms with Gasteiger partial charge in [0, 0.05) is 19.5 Å². The van der Waals surface area contributed by atoms with Crippen LogP contribution in [0.25, 0.3) is 0 Å². The third-order valence-corrected chi connectivity index (χ3v) is 2.91. The molecule has 0 aliphatic heterocycles. The van der Waals surface area contributed by atoms with Gasteiger partial charge in [-0.05, 0) is 5.56 Å². The number of aliphatic carboxylic acids is 1. The topological polar surface area (TPSA) is 110 Å². The van der Waals surface area contributed by atoms with Crippen molar-refractivity contribution in [2.75, 3.05) is 26.3 Å². The first-order valence-electron chi connectivity index (χ1n) is 6.62. The summed E-state index contributed by atoms with van der Waals surface area (Å²) >= 11 is 0. The minimum absolute atomic E-state index is 0.0318. The fourth-order valence-corrected chi connectivity index (χ4v) is 1.85. The lowest BCUT2D eigenvalue weighted by Crippen LogP contribution is -2.50. The highest BCUT2D eigenvalue weighted by Gasteiger charge is 2.23. The minimum Gasteiger partial charge on any atom is -0.480 e. The van der Waals surface area contributed by atoms with Gasteiger partial charge in [-0.15, -0.1) is 0 Å². The molecule has 4 N–H and O–H groups in total. The maximum Gasteiger partial charge on any atom is 0.326 e. The lowest BCUT2D eigenvalue weighted by atomic mass is 10.1. The predicted molar refractivity (Wildman–Crippen MR) is 75.8 cm³/mol. The van der Waals surface area contributed by atoms with Crippen LogP contribution in [0.3, 0.4) is 0 Å². The van der Waals surface area contributed by atoms with E-state index in [1.54, 1.807) is 24.3 Å². The Balaban J connectivity index is 2.69. The van der Waals surface area contributed by atoms with Crippen LogP contribution in [0.4, 0.5) is 4.79 Å².